The van der Waals surface area contributed by atoms with Gasteiger partial charge in [0.2, 0.25) is 5.91 Å². The van der Waals surface area contributed by atoms with E-state index < -0.39 is 10.0 Å². The first-order chi connectivity index (χ1) is 10.9. The summed E-state index contributed by atoms with van der Waals surface area (Å²) in [7, 11) is -3.68. The Bertz CT molecular complexity index is 811. The molecular formula is C16H17N3O3S. The van der Waals surface area contributed by atoms with Crippen LogP contribution in [0.4, 0.5) is 5.69 Å². The Balaban J connectivity index is 2.03. The van der Waals surface area contributed by atoms with Crippen molar-refractivity contribution in [3.05, 3.63) is 59.7 Å². The number of hydrazone groups is 1. The van der Waals surface area contributed by atoms with E-state index in [1.807, 2.05) is 6.92 Å². The van der Waals surface area contributed by atoms with Gasteiger partial charge in [-0.25, -0.2) is 4.83 Å². The van der Waals surface area contributed by atoms with E-state index in [1.54, 1.807) is 36.4 Å². The Hall–Kier alpha value is -2.67. The second kappa shape index (κ2) is 7.06. The number of hydrogen-bond donors (Lipinski definition) is 2. The van der Waals surface area contributed by atoms with Gasteiger partial charge in [0.25, 0.3) is 10.0 Å². The Morgan fingerprint density at radius 2 is 1.65 bits per heavy atom. The number of rotatable bonds is 5. The lowest BCUT2D eigenvalue weighted by Gasteiger charge is -2.04. The third kappa shape index (κ3) is 4.93. The summed E-state index contributed by atoms with van der Waals surface area (Å²) in [6.45, 7) is 3.31. The molecule has 6 nitrogen and oxygen atoms in total. The Morgan fingerprint density at radius 3 is 2.22 bits per heavy atom. The smallest absolute Gasteiger partial charge is 0.276 e. The second-order valence-corrected chi connectivity index (χ2v) is 6.63. The minimum atomic E-state index is -3.68. The number of aryl methyl sites for hydroxylation is 1. The minimum Gasteiger partial charge on any atom is -0.326 e. The fourth-order valence-electron chi connectivity index (χ4n) is 1.80. The van der Waals surface area contributed by atoms with Gasteiger partial charge in [-0.05, 0) is 36.8 Å². The van der Waals surface area contributed by atoms with Crippen LogP contribution in [0.5, 0.6) is 0 Å². The first-order valence-electron chi connectivity index (χ1n) is 6.86. The minimum absolute atomic E-state index is 0.154. The molecule has 0 aliphatic rings. The molecule has 120 valence electrons. The van der Waals surface area contributed by atoms with Gasteiger partial charge in [-0.1, -0.05) is 29.8 Å². The van der Waals surface area contributed by atoms with Gasteiger partial charge in [-0.3, -0.25) is 4.79 Å². The molecule has 2 aromatic carbocycles. The summed E-state index contributed by atoms with van der Waals surface area (Å²) in [4.78, 5) is 13.2. The molecule has 0 radical (unpaired) electrons. The maximum Gasteiger partial charge on any atom is 0.276 e. The van der Waals surface area contributed by atoms with Crippen molar-refractivity contribution in [3.63, 3.8) is 0 Å². The van der Waals surface area contributed by atoms with E-state index in [4.69, 9.17) is 0 Å². The van der Waals surface area contributed by atoms with Crippen LogP contribution in [-0.4, -0.2) is 20.5 Å². The molecule has 2 rings (SSSR count). The van der Waals surface area contributed by atoms with Crippen LogP contribution < -0.4 is 10.1 Å². The summed E-state index contributed by atoms with van der Waals surface area (Å²) in [6.07, 6.45) is 1.39. The van der Waals surface area contributed by atoms with E-state index in [0.717, 1.165) is 5.56 Å². The summed E-state index contributed by atoms with van der Waals surface area (Å²) in [5, 5.41) is 6.40. The normalized spacial score (nSPS) is 11.4. The van der Waals surface area contributed by atoms with Crippen molar-refractivity contribution >= 4 is 27.8 Å². The van der Waals surface area contributed by atoms with Crippen LogP contribution >= 0.6 is 0 Å². The number of carbonyl (C=O) groups is 1. The lowest BCUT2D eigenvalue weighted by Crippen LogP contribution is -2.18. The van der Waals surface area contributed by atoms with E-state index in [-0.39, 0.29) is 10.8 Å². The molecule has 0 spiro atoms. The Labute approximate surface area is 135 Å². The molecule has 0 aliphatic carbocycles. The molecule has 0 heterocycles. The van der Waals surface area contributed by atoms with Crippen molar-refractivity contribution in [2.45, 2.75) is 18.7 Å². The van der Waals surface area contributed by atoms with Gasteiger partial charge in [-0.2, -0.15) is 13.5 Å². The van der Waals surface area contributed by atoms with Crippen molar-refractivity contribution in [1.29, 1.82) is 0 Å². The zero-order valence-electron chi connectivity index (χ0n) is 12.8. The van der Waals surface area contributed by atoms with Crippen molar-refractivity contribution < 1.29 is 13.2 Å². The highest BCUT2D eigenvalue weighted by molar-refractivity contribution is 7.89. The summed E-state index contributed by atoms with van der Waals surface area (Å²) in [6, 6.07) is 13.3. The number of benzene rings is 2. The first-order valence-corrected chi connectivity index (χ1v) is 8.34. The van der Waals surface area contributed by atoms with Crippen LogP contribution in [0.1, 0.15) is 18.1 Å². The lowest BCUT2D eigenvalue weighted by molar-refractivity contribution is -0.114. The van der Waals surface area contributed by atoms with Crippen LogP contribution in [0.3, 0.4) is 0 Å². The number of hydrogen-bond acceptors (Lipinski definition) is 4. The predicted octanol–water partition coefficient (Wildman–Crippen LogP) is 2.27. The monoisotopic (exact) mass is 331 g/mol. The number of amides is 1. The van der Waals surface area contributed by atoms with Gasteiger partial charge >= 0.3 is 0 Å². The van der Waals surface area contributed by atoms with E-state index in [2.05, 4.69) is 15.2 Å². The number of nitrogens with one attached hydrogen (secondary N) is 2. The second-order valence-electron chi connectivity index (χ2n) is 4.97. The highest BCUT2D eigenvalue weighted by atomic mass is 32.2. The van der Waals surface area contributed by atoms with Crippen LogP contribution in [0, 0.1) is 6.92 Å². The van der Waals surface area contributed by atoms with Crippen molar-refractivity contribution in [2.24, 2.45) is 5.10 Å². The summed E-state index contributed by atoms with van der Waals surface area (Å²) >= 11 is 0. The zero-order chi connectivity index (χ0) is 16.9. The molecule has 0 fully saturated rings. The lowest BCUT2D eigenvalue weighted by atomic mass is 10.2. The number of nitrogens with zero attached hydrogens (tertiary/aromatic N) is 1. The highest BCUT2D eigenvalue weighted by Crippen LogP contribution is 2.10. The van der Waals surface area contributed by atoms with Gasteiger partial charge < -0.3 is 5.32 Å². The molecule has 2 N–H and O–H groups in total. The topological polar surface area (TPSA) is 87.6 Å². The average Bonchev–Trinajstić information content (AvgIpc) is 2.49. The van der Waals surface area contributed by atoms with Crippen LogP contribution in [0.2, 0.25) is 0 Å². The first kappa shape index (κ1) is 16.7. The van der Waals surface area contributed by atoms with Crippen molar-refractivity contribution in [2.75, 3.05) is 5.32 Å². The summed E-state index contributed by atoms with van der Waals surface area (Å²) < 4.78 is 24.1. The van der Waals surface area contributed by atoms with Gasteiger partial charge in [0.05, 0.1) is 11.1 Å². The Kier molecular flexibility index (Phi) is 5.13. The predicted molar refractivity (Wildman–Crippen MR) is 89.8 cm³/mol. The molecule has 0 unspecified atom stereocenters. The standard InChI is InChI=1S/C16H17N3O3S/c1-12-3-9-16(10-4-12)23(21,22)19-17-11-14-5-7-15(8-6-14)18-13(2)20/h3-11,19H,1-2H3,(H,18,20). The fraction of sp³-hybridized carbons (Fsp3) is 0.125. The van der Waals surface area contributed by atoms with Crippen LogP contribution in [0.15, 0.2) is 58.5 Å². The molecule has 7 heteroatoms. The molecule has 2 aromatic rings. The maximum atomic E-state index is 12.0. The highest BCUT2D eigenvalue weighted by Gasteiger charge is 2.11. The van der Waals surface area contributed by atoms with Gasteiger partial charge in [0, 0.05) is 12.6 Å². The summed E-state index contributed by atoms with van der Waals surface area (Å²) in [5.41, 5.74) is 2.34. The molecule has 0 saturated carbocycles. The van der Waals surface area contributed by atoms with E-state index in [0.29, 0.717) is 11.3 Å². The number of carbonyl (C=O) groups excluding carboxylic acids is 1. The van der Waals surface area contributed by atoms with Crippen molar-refractivity contribution in [3.8, 4) is 0 Å². The van der Waals surface area contributed by atoms with E-state index in [9.17, 15) is 13.2 Å². The average molecular weight is 331 g/mol. The molecule has 0 saturated heterocycles. The van der Waals surface area contributed by atoms with Gasteiger partial charge in [0.15, 0.2) is 0 Å². The fourth-order valence-corrected chi connectivity index (χ4v) is 2.59. The van der Waals surface area contributed by atoms with Crippen LogP contribution in [0.25, 0.3) is 0 Å². The maximum absolute atomic E-state index is 12.0. The Morgan fingerprint density at radius 1 is 1.04 bits per heavy atom. The summed E-state index contributed by atoms with van der Waals surface area (Å²) in [5.74, 6) is -0.155. The van der Waals surface area contributed by atoms with Crippen molar-refractivity contribution in [1.82, 2.24) is 4.83 Å². The number of sulfonamides is 1. The van der Waals surface area contributed by atoms with Gasteiger partial charge in [-0.15, -0.1) is 0 Å². The largest absolute Gasteiger partial charge is 0.326 e. The number of anilines is 1. The third-order valence-corrected chi connectivity index (χ3v) is 4.19. The molecular weight excluding hydrogens is 314 g/mol. The molecule has 23 heavy (non-hydrogen) atoms. The third-order valence-electron chi connectivity index (χ3n) is 2.95. The SMILES string of the molecule is CC(=O)Nc1ccc(C=NNS(=O)(=O)c2ccc(C)cc2)cc1. The van der Waals surface area contributed by atoms with Gasteiger partial charge in [0.1, 0.15) is 0 Å². The van der Waals surface area contributed by atoms with Crippen LogP contribution in [-0.2, 0) is 14.8 Å². The molecule has 1 amide bonds. The molecule has 0 aromatic heterocycles. The molecule has 0 atom stereocenters. The zero-order valence-corrected chi connectivity index (χ0v) is 13.6. The van der Waals surface area contributed by atoms with E-state index >= 15 is 0 Å². The molecule has 0 aliphatic heterocycles. The molecule has 0 bridgehead atoms. The quantitative estimate of drug-likeness (QED) is 0.651. The van der Waals surface area contributed by atoms with E-state index in [1.165, 1.54) is 25.3 Å².